The van der Waals surface area contributed by atoms with Crippen molar-refractivity contribution >= 4 is 10.0 Å². The van der Waals surface area contributed by atoms with Gasteiger partial charge in [-0.05, 0) is 17.5 Å². The third kappa shape index (κ3) is 4.07. The second-order valence-electron chi connectivity index (χ2n) is 4.92. The van der Waals surface area contributed by atoms with E-state index in [1.165, 1.54) is 18.5 Å². The summed E-state index contributed by atoms with van der Waals surface area (Å²) in [6, 6.07) is 3.01. The van der Waals surface area contributed by atoms with Crippen molar-refractivity contribution in [3.05, 3.63) is 24.5 Å². The molecule has 5 nitrogen and oxygen atoms in total. The van der Waals surface area contributed by atoms with Crippen molar-refractivity contribution in [2.45, 2.75) is 31.8 Å². The van der Waals surface area contributed by atoms with Gasteiger partial charge in [0.05, 0.1) is 6.10 Å². The van der Waals surface area contributed by atoms with Crippen molar-refractivity contribution in [1.29, 1.82) is 0 Å². The molecule has 0 aliphatic carbocycles. The first-order valence-electron chi connectivity index (χ1n) is 5.31. The number of aliphatic hydroxyl groups is 1. The van der Waals surface area contributed by atoms with Crippen LogP contribution in [0.25, 0.3) is 0 Å². The fraction of sp³-hybridized carbons (Fsp3) is 0.545. The van der Waals surface area contributed by atoms with Gasteiger partial charge in [0, 0.05) is 18.9 Å². The Kier molecular flexibility index (Phi) is 4.24. The number of aliphatic hydroxyl groups excluding tert-OH is 1. The van der Waals surface area contributed by atoms with E-state index in [9.17, 15) is 13.5 Å². The first kappa shape index (κ1) is 14.1. The highest BCUT2D eigenvalue weighted by molar-refractivity contribution is 7.89. The van der Waals surface area contributed by atoms with Gasteiger partial charge < -0.3 is 5.11 Å². The third-order valence-electron chi connectivity index (χ3n) is 2.41. The topological polar surface area (TPSA) is 79.3 Å². The number of hydrogen-bond donors (Lipinski definition) is 2. The van der Waals surface area contributed by atoms with Gasteiger partial charge in [-0.1, -0.05) is 20.8 Å². The maximum atomic E-state index is 11.8. The lowest BCUT2D eigenvalue weighted by Gasteiger charge is -2.25. The SMILES string of the molecule is CC(C)(C)C(O)CNS(=O)(=O)c1cccnc1. The monoisotopic (exact) mass is 258 g/mol. The van der Waals surface area contributed by atoms with Crippen LogP contribution in [0.3, 0.4) is 0 Å². The quantitative estimate of drug-likeness (QED) is 0.836. The van der Waals surface area contributed by atoms with Crippen molar-refractivity contribution < 1.29 is 13.5 Å². The van der Waals surface area contributed by atoms with Crippen LogP contribution in [-0.4, -0.2) is 31.2 Å². The highest BCUT2D eigenvalue weighted by Gasteiger charge is 2.24. The van der Waals surface area contributed by atoms with Gasteiger partial charge >= 0.3 is 0 Å². The smallest absolute Gasteiger partial charge is 0.242 e. The van der Waals surface area contributed by atoms with Crippen molar-refractivity contribution in [2.24, 2.45) is 5.41 Å². The zero-order chi connectivity index (χ0) is 13.1. The molecule has 0 aliphatic rings. The second-order valence-corrected chi connectivity index (χ2v) is 6.69. The molecule has 1 atom stereocenters. The number of rotatable bonds is 4. The molecule has 1 aromatic heterocycles. The van der Waals surface area contributed by atoms with Gasteiger partial charge in [-0.25, -0.2) is 13.1 Å². The standard InChI is InChI=1S/C11H18N2O3S/c1-11(2,3)10(14)8-13-17(15,16)9-5-4-6-12-7-9/h4-7,10,13-14H,8H2,1-3H3. The van der Waals surface area contributed by atoms with E-state index in [0.29, 0.717) is 0 Å². The Labute approximate surface area is 102 Å². The van der Waals surface area contributed by atoms with Crippen LogP contribution < -0.4 is 4.72 Å². The summed E-state index contributed by atoms with van der Waals surface area (Å²) >= 11 is 0. The highest BCUT2D eigenvalue weighted by atomic mass is 32.2. The molecule has 0 fully saturated rings. The molecule has 1 heterocycles. The molecule has 0 bridgehead atoms. The average Bonchev–Trinajstić information content (AvgIpc) is 2.26. The molecule has 1 unspecified atom stereocenters. The molecule has 0 aliphatic heterocycles. The van der Waals surface area contributed by atoms with E-state index >= 15 is 0 Å². The van der Waals surface area contributed by atoms with Crippen LogP contribution in [0.5, 0.6) is 0 Å². The molecular weight excluding hydrogens is 240 g/mol. The molecule has 2 N–H and O–H groups in total. The Balaban J connectivity index is 2.70. The number of aromatic nitrogens is 1. The number of sulfonamides is 1. The van der Waals surface area contributed by atoms with E-state index in [1.54, 1.807) is 6.07 Å². The predicted molar refractivity (Wildman–Crippen MR) is 64.9 cm³/mol. The Morgan fingerprint density at radius 2 is 2.12 bits per heavy atom. The fourth-order valence-electron chi connectivity index (χ4n) is 1.08. The van der Waals surface area contributed by atoms with Crippen LogP contribution in [0.1, 0.15) is 20.8 Å². The van der Waals surface area contributed by atoms with Crippen molar-refractivity contribution in [1.82, 2.24) is 9.71 Å². The van der Waals surface area contributed by atoms with Crippen molar-refractivity contribution in [2.75, 3.05) is 6.54 Å². The molecule has 0 spiro atoms. The van der Waals surface area contributed by atoms with Gasteiger partial charge in [-0.2, -0.15) is 0 Å². The molecule has 96 valence electrons. The first-order chi connectivity index (χ1) is 7.73. The minimum absolute atomic E-state index is 0.0132. The van der Waals surface area contributed by atoms with Gasteiger partial charge in [0.2, 0.25) is 10.0 Å². The van der Waals surface area contributed by atoms with Crippen LogP contribution in [-0.2, 0) is 10.0 Å². The molecule has 0 aromatic carbocycles. The van der Waals surface area contributed by atoms with Gasteiger partial charge in [-0.15, -0.1) is 0 Å². The summed E-state index contributed by atoms with van der Waals surface area (Å²) in [6.45, 7) is 5.52. The molecule has 0 saturated heterocycles. The number of pyridine rings is 1. The second kappa shape index (κ2) is 5.12. The van der Waals surface area contributed by atoms with E-state index < -0.39 is 16.1 Å². The van der Waals surface area contributed by atoms with Crippen LogP contribution >= 0.6 is 0 Å². The molecule has 1 rings (SSSR count). The minimum atomic E-state index is -3.59. The highest BCUT2D eigenvalue weighted by Crippen LogP contribution is 2.18. The zero-order valence-electron chi connectivity index (χ0n) is 10.2. The largest absolute Gasteiger partial charge is 0.391 e. The maximum Gasteiger partial charge on any atom is 0.242 e. The summed E-state index contributed by atoms with van der Waals surface area (Å²) < 4.78 is 26.0. The lowest BCUT2D eigenvalue weighted by Crippen LogP contribution is -2.39. The van der Waals surface area contributed by atoms with Gasteiger partial charge in [-0.3, -0.25) is 4.98 Å². The Hall–Kier alpha value is -0.980. The van der Waals surface area contributed by atoms with Crippen molar-refractivity contribution in [3.63, 3.8) is 0 Å². The molecule has 6 heteroatoms. The van der Waals surface area contributed by atoms with E-state index in [0.717, 1.165) is 0 Å². The minimum Gasteiger partial charge on any atom is -0.391 e. The molecular formula is C11H18N2O3S. The van der Waals surface area contributed by atoms with Crippen molar-refractivity contribution in [3.8, 4) is 0 Å². The Bertz CT molecular complexity index is 451. The molecule has 17 heavy (non-hydrogen) atoms. The molecule has 0 amide bonds. The number of nitrogens with zero attached hydrogens (tertiary/aromatic N) is 1. The van der Waals surface area contributed by atoms with Crippen LogP contribution in [0.4, 0.5) is 0 Å². The summed E-state index contributed by atoms with van der Waals surface area (Å²) in [7, 11) is -3.59. The maximum absolute atomic E-state index is 11.8. The average molecular weight is 258 g/mol. The van der Waals surface area contributed by atoms with Crippen LogP contribution in [0.15, 0.2) is 29.4 Å². The molecule has 0 saturated carbocycles. The number of hydrogen-bond acceptors (Lipinski definition) is 4. The zero-order valence-corrected chi connectivity index (χ0v) is 11.0. The summed E-state index contributed by atoms with van der Waals surface area (Å²) in [5.74, 6) is 0. The lowest BCUT2D eigenvalue weighted by atomic mass is 9.89. The molecule has 0 radical (unpaired) electrons. The molecule has 1 aromatic rings. The van der Waals surface area contributed by atoms with Gasteiger partial charge in [0.15, 0.2) is 0 Å². The third-order valence-corrected chi connectivity index (χ3v) is 3.82. The summed E-state index contributed by atoms with van der Waals surface area (Å²) in [6.07, 6.45) is 2.03. The first-order valence-corrected chi connectivity index (χ1v) is 6.79. The van der Waals surface area contributed by atoms with E-state index in [-0.39, 0.29) is 16.9 Å². The summed E-state index contributed by atoms with van der Waals surface area (Å²) in [5.41, 5.74) is -0.364. The summed E-state index contributed by atoms with van der Waals surface area (Å²) in [5, 5.41) is 9.75. The van der Waals surface area contributed by atoms with Gasteiger partial charge in [0.1, 0.15) is 4.90 Å². The summed E-state index contributed by atoms with van der Waals surface area (Å²) in [4.78, 5) is 3.84. The van der Waals surface area contributed by atoms with Crippen LogP contribution in [0, 0.1) is 5.41 Å². The Morgan fingerprint density at radius 3 is 2.59 bits per heavy atom. The lowest BCUT2D eigenvalue weighted by molar-refractivity contribution is 0.0677. The Morgan fingerprint density at radius 1 is 1.47 bits per heavy atom. The van der Waals surface area contributed by atoms with E-state index in [4.69, 9.17) is 0 Å². The normalized spacial score (nSPS) is 14.6. The number of nitrogens with one attached hydrogen (secondary N) is 1. The van der Waals surface area contributed by atoms with E-state index in [1.807, 2.05) is 20.8 Å². The van der Waals surface area contributed by atoms with Gasteiger partial charge in [0.25, 0.3) is 0 Å². The predicted octanol–water partition coefficient (Wildman–Crippen LogP) is 0.767. The fourth-order valence-corrected chi connectivity index (χ4v) is 2.09. The van der Waals surface area contributed by atoms with E-state index in [2.05, 4.69) is 9.71 Å². The van der Waals surface area contributed by atoms with Crippen LogP contribution in [0.2, 0.25) is 0 Å².